The summed E-state index contributed by atoms with van der Waals surface area (Å²) in [6.07, 6.45) is 5.09. The van der Waals surface area contributed by atoms with E-state index in [1.807, 2.05) is 30.3 Å². The van der Waals surface area contributed by atoms with E-state index >= 15 is 0 Å². The van der Waals surface area contributed by atoms with Crippen molar-refractivity contribution in [3.8, 4) is 5.75 Å². The standard InChI is InChI=1S/C18H17NO2/c20-18(16-11-13-5-1-2-9-15(13)21-16)14-8-3-6-12-7-4-10-19-17(12)14/h1-2,4-5,7,9-10,14,16H,3,6,8,11H2. The van der Waals surface area contributed by atoms with Crippen LogP contribution in [0.1, 0.15) is 35.6 Å². The number of para-hydroxylation sites is 1. The monoisotopic (exact) mass is 279 g/mol. The van der Waals surface area contributed by atoms with E-state index in [1.165, 1.54) is 5.56 Å². The molecule has 1 aromatic heterocycles. The predicted molar refractivity (Wildman–Crippen MR) is 79.5 cm³/mol. The number of ether oxygens (including phenoxy) is 1. The van der Waals surface area contributed by atoms with Gasteiger partial charge >= 0.3 is 0 Å². The van der Waals surface area contributed by atoms with E-state index in [0.717, 1.165) is 36.3 Å². The van der Waals surface area contributed by atoms with Crippen LogP contribution < -0.4 is 4.74 Å². The Morgan fingerprint density at radius 1 is 1.14 bits per heavy atom. The summed E-state index contributed by atoms with van der Waals surface area (Å²) in [4.78, 5) is 17.3. The maximum Gasteiger partial charge on any atom is 0.182 e. The molecule has 2 aliphatic rings. The van der Waals surface area contributed by atoms with Crippen LogP contribution in [0.5, 0.6) is 5.75 Å². The second kappa shape index (κ2) is 4.99. The molecule has 106 valence electrons. The second-order valence-corrected chi connectivity index (χ2v) is 5.81. The Balaban J connectivity index is 1.60. The fourth-order valence-electron chi connectivity index (χ4n) is 3.45. The first-order valence-corrected chi connectivity index (χ1v) is 7.55. The van der Waals surface area contributed by atoms with Crippen LogP contribution in [0, 0.1) is 0 Å². The molecule has 4 rings (SSSR count). The second-order valence-electron chi connectivity index (χ2n) is 5.81. The number of benzene rings is 1. The van der Waals surface area contributed by atoms with E-state index < -0.39 is 0 Å². The summed E-state index contributed by atoms with van der Waals surface area (Å²) in [6.45, 7) is 0. The van der Waals surface area contributed by atoms with Gasteiger partial charge in [0.25, 0.3) is 0 Å². The van der Waals surface area contributed by atoms with Crippen LogP contribution in [0.4, 0.5) is 0 Å². The van der Waals surface area contributed by atoms with Crippen molar-refractivity contribution in [2.24, 2.45) is 0 Å². The number of aryl methyl sites for hydroxylation is 1. The summed E-state index contributed by atoms with van der Waals surface area (Å²) in [5, 5.41) is 0. The summed E-state index contributed by atoms with van der Waals surface area (Å²) in [5.41, 5.74) is 3.32. The van der Waals surface area contributed by atoms with Crippen LogP contribution in [0.25, 0.3) is 0 Å². The smallest absolute Gasteiger partial charge is 0.182 e. The topological polar surface area (TPSA) is 39.2 Å². The third kappa shape index (κ3) is 2.13. The number of aromatic nitrogens is 1. The number of fused-ring (bicyclic) bond motifs is 2. The zero-order chi connectivity index (χ0) is 14.2. The molecule has 2 heterocycles. The number of Topliss-reactive ketones (excluding diaryl/α,β-unsaturated/α-hetero) is 1. The molecule has 0 saturated heterocycles. The number of carbonyl (C=O) groups is 1. The molecule has 2 aromatic rings. The molecule has 21 heavy (non-hydrogen) atoms. The average Bonchev–Trinajstić information content (AvgIpc) is 2.97. The highest BCUT2D eigenvalue weighted by Gasteiger charge is 2.36. The van der Waals surface area contributed by atoms with Crippen LogP contribution in [-0.2, 0) is 17.6 Å². The largest absolute Gasteiger partial charge is 0.482 e. The summed E-state index contributed by atoms with van der Waals surface area (Å²) < 4.78 is 5.86. The highest BCUT2D eigenvalue weighted by molar-refractivity contribution is 5.91. The SMILES string of the molecule is O=C(C1Cc2ccccc2O1)C1CCCc2cccnc21. The van der Waals surface area contributed by atoms with Gasteiger partial charge in [0.05, 0.1) is 11.6 Å². The van der Waals surface area contributed by atoms with Crippen molar-refractivity contribution >= 4 is 5.78 Å². The Morgan fingerprint density at radius 3 is 2.90 bits per heavy atom. The van der Waals surface area contributed by atoms with E-state index in [0.29, 0.717) is 6.42 Å². The van der Waals surface area contributed by atoms with Gasteiger partial charge in [0.15, 0.2) is 11.9 Å². The van der Waals surface area contributed by atoms with Crippen LogP contribution in [-0.4, -0.2) is 16.9 Å². The first kappa shape index (κ1) is 12.6. The Hall–Kier alpha value is -2.16. The van der Waals surface area contributed by atoms with Gasteiger partial charge in [-0.05, 0) is 42.5 Å². The van der Waals surface area contributed by atoms with Gasteiger partial charge in [0.2, 0.25) is 0 Å². The van der Waals surface area contributed by atoms with E-state index in [1.54, 1.807) is 6.20 Å². The molecule has 0 fully saturated rings. The van der Waals surface area contributed by atoms with Crippen LogP contribution >= 0.6 is 0 Å². The summed E-state index contributed by atoms with van der Waals surface area (Å²) >= 11 is 0. The van der Waals surface area contributed by atoms with Crippen molar-refractivity contribution in [2.45, 2.75) is 37.7 Å². The van der Waals surface area contributed by atoms with Crippen molar-refractivity contribution in [3.05, 3.63) is 59.4 Å². The minimum atomic E-state index is -0.347. The molecule has 1 aliphatic heterocycles. The zero-order valence-corrected chi connectivity index (χ0v) is 11.8. The molecule has 2 unspecified atom stereocenters. The number of ketones is 1. The maximum atomic E-state index is 12.9. The highest BCUT2D eigenvalue weighted by atomic mass is 16.5. The number of hydrogen-bond donors (Lipinski definition) is 0. The molecule has 3 nitrogen and oxygen atoms in total. The van der Waals surface area contributed by atoms with E-state index in [2.05, 4.69) is 11.1 Å². The highest BCUT2D eigenvalue weighted by Crippen LogP contribution is 2.35. The minimum absolute atomic E-state index is 0.103. The minimum Gasteiger partial charge on any atom is -0.482 e. The van der Waals surface area contributed by atoms with E-state index in [-0.39, 0.29) is 17.8 Å². The fraction of sp³-hybridized carbons (Fsp3) is 0.333. The van der Waals surface area contributed by atoms with Crippen molar-refractivity contribution in [1.82, 2.24) is 4.98 Å². The third-order valence-corrected chi connectivity index (χ3v) is 4.50. The van der Waals surface area contributed by atoms with Gasteiger partial charge in [-0.15, -0.1) is 0 Å². The van der Waals surface area contributed by atoms with Gasteiger partial charge in [0.1, 0.15) is 5.75 Å². The Labute approximate surface area is 124 Å². The zero-order valence-electron chi connectivity index (χ0n) is 11.8. The number of nitrogens with zero attached hydrogens (tertiary/aromatic N) is 1. The predicted octanol–water partition coefficient (Wildman–Crippen LogP) is 3.07. The fourth-order valence-corrected chi connectivity index (χ4v) is 3.45. The number of carbonyl (C=O) groups excluding carboxylic acids is 1. The summed E-state index contributed by atoms with van der Waals surface area (Å²) in [7, 11) is 0. The van der Waals surface area contributed by atoms with E-state index in [4.69, 9.17) is 4.74 Å². The van der Waals surface area contributed by atoms with Gasteiger partial charge in [-0.1, -0.05) is 24.3 Å². The first-order chi connectivity index (χ1) is 10.3. The molecule has 0 radical (unpaired) electrons. The molecule has 0 amide bonds. The third-order valence-electron chi connectivity index (χ3n) is 4.50. The summed E-state index contributed by atoms with van der Waals surface area (Å²) in [5.74, 6) is 0.938. The van der Waals surface area contributed by atoms with Gasteiger partial charge in [-0.2, -0.15) is 0 Å². The quantitative estimate of drug-likeness (QED) is 0.848. The molecular weight excluding hydrogens is 262 g/mol. The average molecular weight is 279 g/mol. The normalized spacial score (nSPS) is 23.0. The molecule has 1 aromatic carbocycles. The van der Waals surface area contributed by atoms with Gasteiger partial charge in [-0.25, -0.2) is 0 Å². The van der Waals surface area contributed by atoms with Crippen molar-refractivity contribution in [1.29, 1.82) is 0 Å². The van der Waals surface area contributed by atoms with Gasteiger partial charge < -0.3 is 4.74 Å². The summed E-state index contributed by atoms with van der Waals surface area (Å²) in [6, 6.07) is 12.0. The Bertz CT molecular complexity index is 670. The van der Waals surface area contributed by atoms with Crippen molar-refractivity contribution in [2.75, 3.05) is 0 Å². The molecule has 0 spiro atoms. The molecule has 1 aliphatic carbocycles. The number of hydrogen-bond acceptors (Lipinski definition) is 3. The number of rotatable bonds is 2. The van der Waals surface area contributed by atoms with Crippen LogP contribution in [0.3, 0.4) is 0 Å². The van der Waals surface area contributed by atoms with Gasteiger partial charge in [0, 0.05) is 12.6 Å². The van der Waals surface area contributed by atoms with Crippen molar-refractivity contribution in [3.63, 3.8) is 0 Å². The number of pyridine rings is 1. The lowest BCUT2D eigenvalue weighted by Gasteiger charge is -2.25. The van der Waals surface area contributed by atoms with Crippen LogP contribution in [0.2, 0.25) is 0 Å². The lowest BCUT2D eigenvalue weighted by Crippen LogP contribution is -2.32. The first-order valence-electron chi connectivity index (χ1n) is 7.55. The molecule has 0 saturated carbocycles. The van der Waals surface area contributed by atoms with E-state index in [9.17, 15) is 4.79 Å². The Kier molecular flexibility index (Phi) is 2.99. The lowest BCUT2D eigenvalue weighted by atomic mass is 9.82. The van der Waals surface area contributed by atoms with Crippen LogP contribution in [0.15, 0.2) is 42.6 Å². The lowest BCUT2D eigenvalue weighted by molar-refractivity contribution is -0.127. The molecule has 3 heteroatoms. The van der Waals surface area contributed by atoms with Gasteiger partial charge in [-0.3, -0.25) is 9.78 Å². The maximum absolute atomic E-state index is 12.9. The Morgan fingerprint density at radius 2 is 2.00 bits per heavy atom. The molecule has 0 bridgehead atoms. The molecular formula is C18H17NO2. The molecule has 0 N–H and O–H groups in total. The molecule has 2 atom stereocenters. The van der Waals surface area contributed by atoms with Crippen molar-refractivity contribution < 1.29 is 9.53 Å².